The molecule has 0 spiro atoms. The monoisotopic (exact) mass is 319 g/mol. The number of rotatable bonds is 7. The standard InChI is InChI=1S/C13H19BrFNO2/c1-3-17-13(18-4-2)12(16)7-9-5-10(14)8-11(15)6-9/h5-6,8,12-13H,3-4,7,16H2,1-2H3. The first-order valence-corrected chi connectivity index (χ1v) is 6.79. The molecule has 0 aliphatic carbocycles. The molecule has 2 N–H and O–H groups in total. The van der Waals surface area contributed by atoms with Gasteiger partial charge in [-0.15, -0.1) is 0 Å². The Morgan fingerprint density at radius 1 is 1.22 bits per heavy atom. The molecule has 0 bridgehead atoms. The van der Waals surface area contributed by atoms with Crippen LogP contribution in [0.4, 0.5) is 4.39 Å². The van der Waals surface area contributed by atoms with Crippen molar-refractivity contribution in [3.8, 4) is 0 Å². The van der Waals surface area contributed by atoms with Crippen molar-refractivity contribution in [3.63, 3.8) is 0 Å². The van der Waals surface area contributed by atoms with Crippen LogP contribution >= 0.6 is 15.9 Å². The van der Waals surface area contributed by atoms with E-state index in [1.54, 1.807) is 0 Å². The zero-order valence-electron chi connectivity index (χ0n) is 10.7. The van der Waals surface area contributed by atoms with Crippen molar-refractivity contribution in [2.45, 2.75) is 32.6 Å². The Balaban J connectivity index is 2.68. The maximum absolute atomic E-state index is 13.2. The molecule has 0 fully saturated rings. The zero-order valence-corrected chi connectivity index (χ0v) is 12.2. The molecule has 0 amide bonds. The normalized spacial score (nSPS) is 13.0. The molecule has 1 rings (SSSR count). The van der Waals surface area contributed by atoms with Gasteiger partial charge in [0.25, 0.3) is 0 Å². The summed E-state index contributed by atoms with van der Waals surface area (Å²) in [6.07, 6.45) is 0.0446. The highest BCUT2D eigenvalue weighted by atomic mass is 79.9. The highest BCUT2D eigenvalue weighted by molar-refractivity contribution is 9.10. The fourth-order valence-corrected chi connectivity index (χ4v) is 2.23. The summed E-state index contributed by atoms with van der Waals surface area (Å²) in [6.45, 7) is 4.84. The van der Waals surface area contributed by atoms with E-state index >= 15 is 0 Å². The lowest BCUT2D eigenvalue weighted by Crippen LogP contribution is -2.40. The van der Waals surface area contributed by atoms with Crippen LogP contribution in [-0.4, -0.2) is 25.5 Å². The summed E-state index contributed by atoms with van der Waals surface area (Å²) in [7, 11) is 0. The molecule has 0 aliphatic rings. The van der Waals surface area contributed by atoms with Crippen LogP contribution in [0.1, 0.15) is 19.4 Å². The van der Waals surface area contributed by atoms with E-state index < -0.39 is 6.29 Å². The Morgan fingerprint density at radius 2 is 1.83 bits per heavy atom. The highest BCUT2D eigenvalue weighted by Gasteiger charge is 2.19. The average Bonchev–Trinajstić information content (AvgIpc) is 2.27. The highest BCUT2D eigenvalue weighted by Crippen LogP contribution is 2.17. The summed E-state index contributed by atoms with van der Waals surface area (Å²) < 4.78 is 24.8. The van der Waals surface area contributed by atoms with Crippen LogP contribution in [0.3, 0.4) is 0 Å². The van der Waals surface area contributed by atoms with Gasteiger partial charge in [0.1, 0.15) is 5.82 Å². The first-order valence-electron chi connectivity index (χ1n) is 6.00. The van der Waals surface area contributed by atoms with Crippen LogP contribution < -0.4 is 5.73 Å². The van der Waals surface area contributed by atoms with Gasteiger partial charge in [-0.3, -0.25) is 0 Å². The summed E-state index contributed by atoms with van der Waals surface area (Å²) in [6, 6.07) is 4.41. The summed E-state index contributed by atoms with van der Waals surface area (Å²) in [5, 5.41) is 0. The number of nitrogens with two attached hydrogens (primary N) is 1. The molecule has 1 atom stereocenters. The lowest BCUT2D eigenvalue weighted by Gasteiger charge is -2.23. The lowest BCUT2D eigenvalue weighted by molar-refractivity contribution is -0.148. The molecule has 0 aliphatic heterocycles. The minimum atomic E-state index is -0.456. The van der Waals surface area contributed by atoms with Crippen molar-refractivity contribution in [1.82, 2.24) is 0 Å². The number of hydrogen-bond donors (Lipinski definition) is 1. The van der Waals surface area contributed by atoms with Gasteiger partial charge >= 0.3 is 0 Å². The predicted molar refractivity (Wildman–Crippen MR) is 72.8 cm³/mol. The van der Waals surface area contributed by atoms with Gasteiger partial charge in [-0.25, -0.2) is 4.39 Å². The van der Waals surface area contributed by atoms with Crippen LogP contribution in [-0.2, 0) is 15.9 Å². The van der Waals surface area contributed by atoms with E-state index in [1.165, 1.54) is 12.1 Å². The van der Waals surface area contributed by atoms with Crippen molar-refractivity contribution in [2.24, 2.45) is 5.73 Å². The Kier molecular flexibility index (Phi) is 6.78. The molecule has 102 valence electrons. The molecule has 1 unspecified atom stereocenters. The summed E-state index contributed by atoms with van der Waals surface area (Å²) in [5.41, 5.74) is 6.85. The molecular formula is C13H19BrFNO2. The van der Waals surface area contributed by atoms with E-state index in [1.807, 2.05) is 19.9 Å². The third-order valence-electron chi connectivity index (χ3n) is 2.41. The molecule has 0 radical (unpaired) electrons. The third-order valence-corrected chi connectivity index (χ3v) is 2.86. The van der Waals surface area contributed by atoms with Gasteiger partial charge in [0.05, 0.1) is 6.04 Å². The molecule has 1 aromatic rings. The lowest BCUT2D eigenvalue weighted by atomic mass is 10.1. The molecule has 5 heteroatoms. The van der Waals surface area contributed by atoms with Crippen LogP contribution in [0.2, 0.25) is 0 Å². The van der Waals surface area contributed by atoms with Crippen LogP contribution in [0.25, 0.3) is 0 Å². The smallest absolute Gasteiger partial charge is 0.172 e. The maximum atomic E-state index is 13.2. The zero-order chi connectivity index (χ0) is 13.5. The maximum Gasteiger partial charge on any atom is 0.172 e. The fourth-order valence-electron chi connectivity index (χ4n) is 1.72. The molecule has 0 heterocycles. The van der Waals surface area contributed by atoms with Gasteiger partial charge in [0.15, 0.2) is 6.29 Å². The van der Waals surface area contributed by atoms with Crippen LogP contribution in [0.15, 0.2) is 22.7 Å². The third kappa shape index (κ3) is 5.02. The molecule has 0 saturated heterocycles. The van der Waals surface area contributed by atoms with Gasteiger partial charge in [-0.05, 0) is 44.0 Å². The topological polar surface area (TPSA) is 44.5 Å². The number of halogens is 2. The Morgan fingerprint density at radius 3 is 2.33 bits per heavy atom. The molecule has 0 aromatic heterocycles. The minimum Gasteiger partial charge on any atom is -0.351 e. The molecule has 18 heavy (non-hydrogen) atoms. The van der Waals surface area contributed by atoms with Gasteiger partial charge in [0.2, 0.25) is 0 Å². The second kappa shape index (κ2) is 7.84. The van der Waals surface area contributed by atoms with E-state index in [9.17, 15) is 4.39 Å². The summed E-state index contributed by atoms with van der Waals surface area (Å²) in [5.74, 6) is -0.282. The van der Waals surface area contributed by atoms with Crippen molar-refractivity contribution in [3.05, 3.63) is 34.1 Å². The first kappa shape index (κ1) is 15.6. The van der Waals surface area contributed by atoms with E-state index in [-0.39, 0.29) is 11.9 Å². The number of hydrogen-bond acceptors (Lipinski definition) is 3. The van der Waals surface area contributed by atoms with E-state index in [0.29, 0.717) is 24.1 Å². The van der Waals surface area contributed by atoms with Crippen molar-refractivity contribution in [2.75, 3.05) is 13.2 Å². The Hall–Kier alpha value is -0.490. The Labute approximate surface area is 116 Å². The van der Waals surface area contributed by atoms with Crippen molar-refractivity contribution >= 4 is 15.9 Å². The van der Waals surface area contributed by atoms with Gasteiger partial charge in [0, 0.05) is 17.7 Å². The number of ether oxygens (including phenoxy) is 2. The quantitative estimate of drug-likeness (QED) is 0.786. The fraction of sp³-hybridized carbons (Fsp3) is 0.538. The van der Waals surface area contributed by atoms with E-state index in [2.05, 4.69) is 15.9 Å². The molecule has 0 saturated carbocycles. The molecule has 3 nitrogen and oxygen atoms in total. The molecular weight excluding hydrogens is 301 g/mol. The Bertz CT molecular complexity index is 350. The van der Waals surface area contributed by atoms with Crippen molar-refractivity contribution in [1.29, 1.82) is 0 Å². The SMILES string of the molecule is CCOC(OCC)C(N)Cc1cc(F)cc(Br)c1. The molecule has 1 aromatic carbocycles. The average molecular weight is 320 g/mol. The van der Waals surface area contributed by atoms with E-state index in [0.717, 1.165) is 5.56 Å². The summed E-state index contributed by atoms with van der Waals surface area (Å²) >= 11 is 3.26. The minimum absolute atomic E-state index is 0.282. The van der Waals surface area contributed by atoms with Crippen LogP contribution in [0.5, 0.6) is 0 Å². The van der Waals surface area contributed by atoms with Gasteiger partial charge in [-0.2, -0.15) is 0 Å². The largest absolute Gasteiger partial charge is 0.351 e. The van der Waals surface area contributed by atoms with Gasteiger partial charge in [-0.1, -0.05) is 15.9 Å². The van der Waals surface area contributed by atoms with E-state index in [4.69, 9.17) is 15.2 Å². The summed E-state index contributed by atoms with van der Waals surface area (Å²) in [4.78, 5) is 0. The van der Waals surface area contributed by atoms with Crippen LogP contribution in [0, 0.1) is 5.82 Å². The second-order valence-corrected chi connectivity index (χ2v) is 4.84. The second-order valence-electron chi connectivity index (χ2n) is 3.92. The number of benzene rings is 1. The van der Waals surface area contributed by atoms with Crippen molar-refractivity contribution < 1.29 is 13.9 Å². The first-order chi connectivity index (χ1) is 8.56. The van der Waals surface area contributed by atoms with Gasteiger partial charge < -0.3 is 15.2 Å². The predicted octanol–water partition coefficient (Wildman–Crippen LogP) is 2.86.